The van der Waals surface area contributed by atoms with Gasteiger partial charge in [0, 0.05) is 11.5 Å². The lowest BCUT2D eigenvalue weighted by molar-refractivity contribution is -0.393. The van der Waals surface area contributed by atoms with Gasteiger partial charge in [0.25, 0.3) is 5.69 Å². The number of ether oxygens (including phenoxy) is 1. The largest absolute Gasteiger partial charge is 0.484 e. The quantitative estimate of drug-likeness (QED) is 0.396. The topological polar surface area (TPSA) is 120 Å². The SMILES string of the molecule is Cc1cc(C)cc(O[C@@H](/C=N/Nc2ccc([N+](=O)[O-])cc2[N+](=O)[O-])C(C)(C)C)c1. The zero-order valence-corrected chi connectivity index (χ0v) is 17.0. The van der Waals surface area contributed by atoms with E-state index in [1.165, 1.54) is 18.3 Å². The summed E-state index contributed by atoms with van der Waals surface area (Å²) in [6.07, 6.45) is 1.11. The number of nitrogens with zero attached hydrogens (tertiary/aromatic N) is 3. The fourth-order valence-corrected chi connectivity index (χ4v) is 2.63. The maximum atomic E-state index is 11.2. The Morgan fingerprint density at radius 1 is 1.03 bits per heavy atom. The minimum atomic E-state index is -0.696. The van der Waals surface area contributed by atoms with Gasteiger partial charge < -0.3 is 4.74 Å². The van der Waals surface area contributed by atoms with E-state index in [1.54, 1.807) is 0 Å². The van der Waals surface area contributed by atoms with Crippen LogP contribution < -0.4 is 10.2 Å². The molecular formula is C20H24N4O5. The molecule has 0 saturated carbocycles. The Kier molecular flexibility index (Phi) is 6.53. The van der Waals surface area contributed by atoms with E-state index in [9.17, 15) is 20.2 Å². The second kappa shape index (κ2) is 8.68. The summed E-state index contributed by atoms with van der Waals surface area (Å²) in [5, 5.41) is 26.2. The van der Waals surface area contributed by atoms with Crippen molar-refractivity contribution in [3.63, 3.8) is 0 Å². The Balaban J connectivity index is 2.24. The molecule has 0 heterocycles. The predicted octanol–water partition coefficient (Wildman–Crippen LogP) is 5.01. The average molecular weight is 400 g/mol. The molecule has 0 saturated heterocycles. The van der Waals surface area contributed by atoms with Gasteiger partial charge in [0.2, 0.25) is 0 Å². The van der Waals surface area contributed by atoms with Crippen molar-refractivity contribution in [2.24, 2.45) is 10.5 Å². The second-order valence-electron chi connectivity index (χ2n) is 7.83. The van der Waals surface area contributed by atoms with Crippen LogP contribution in [0.1, 0.15) is 31.9 Å². The number of non-ortho nitro benzene ring substituents is 1. The first kappa shape index (κ1) is 21.8. The fraction of sp³-hybridized carbons (Fsp3) is 0.350. The Labute approximate surface area is 168 Å². The van der Waals surface area contributed by atoms with Gasteiger partial charge in [0.1, 0.15) is 17.5 Å². The molecule has 0 aliphatic rings. The number of aryl methyl sites for hydroxylation is 2. The number of hydrogen-bond donors (Lipinski definition) is 1. The van der Waals surface area contributed by atoms with E-state index in [0.717, 1.165) is 17.2 Å². The van der Waals surface area contributed by atoms with Crippen LogP contribution in [0, 0.1) is 39.5 Å². The molecule has 0 amide bonds. The Morgan fingerprint density at radius 2 is 1.66 bits per heavy atom. The molecule has 0 spiro atoms. The van der Waals surface area contributed by atoms with Gasteiger partial charge in [-0.3, -0.25) is 25.7 Å². The third kappa shape index (κ3) is 6.00. The molecule has 2 aromatic rings. The van der Waals surface area contributed by atoms with Gasteiger partial charge in [-0.25, -0.2) is 0 Å². The van der Waals surface area contributed by atoms with Crippen molar-refractivity contribution in [2.45, 2.75) is 40.7 Å². The molecule has 0 bridgehead atoms. The van der Waals surface area contributed by atoms with E-state index in [0.29, 0.717) is 5.75 Å². The molecule has 2 aromatic carbocycles. The molecule has 9 nitrogen and oxygen atoms in total. The number of benzene rings is 2. The maximum absolute atomic E-state index is 11.2. The highest BCUT2D eigenvalue weighted by molar-refractivity contribution is 5.70. The van der Waals surface area contributed by atoms with Crippen molar-refractivity contribution in [1.82, 2.24) is 0 Å². The monoisotopic (exact) mass is 400 g/mol. The fourth-order valence-electron chi connectivity index (χ4n) is 2.63. The smallest absolute Gasteiger partial charge is 0.301 e. The number of anilines is 1. The standard InChI is InChI=1S/C20H24N4O5/c1-13-8-14(2)10-16(9-13)29-19(20(3,4)5)12-21-22-17-7-6-15(23(25)26)11-18(17)24(27)28/h6-12,19,22H,1-5H3/b21-12+/t19-/m0/s1. The summed E-state index contributed by atoms with van der Waals surface area (Å²) >= 11 is 0. The molecule has 0 aliphatic heterocycles. The molecule has 9 heteroatoms. The van der Waals surface area contributed by atoms with Crippen molar-refractivity contribution < 1.29 is 14.6 Å². The van der Waals surface area contributed by atoms with Crippen LogP contribution in [0.25, 0.3) is 0 Å². The molecule has 0 fully saturated rings. The molecule has 0 unspecified atom stereocenters. The van der Waals surface area contributed by atoms with Gasteiger partial charge in [0.15, 0.2) is 0 Å². The van der Waals surface area contributed by atoms with Crippen LogP contribution in [0.2, 0.25) is 0 Å². The zero-order chi connectivity index (χ0) is 21.8. The third-order valence-corrected chi connectivity index (χ3v) is 4.10. The summed E-state index contributed by atoms with van der Waals surface area (Å²) in [4.78, 5) is 20.7. The van der Waals surface area contributed by atoms with Crippen molar-refractivity contribution in [3.8, 4) is 5.75 Å². The van der Waals surface area contributed by atoms with Gasteiger partial charge in [-0.1, -0.05) is 26.8 Å². The van der Waals surface area contributed by atoms with Crippen LogP contribution in [0.4, 0.5) is 17.1 Å². The first-order chi connectivity index (χ1) is 13.5. The summed E-state index contributed by atoms with van der Waals surface area (Å²) in [6.45, 7) is 9.92. The van der Waals surface area contributed by atoms with Crippen molar-refractivity contribution in [3.05, 3.63) is 67.8 Å². The van der Waals surface area contributed by atoms with Crippen LogP contribution >= 0.6 is 0 Å². The van der Waals surface area contributed by atoms with Crippen molar-refractivity contribution in [2.75, 3.05) is 5.43 Å². The predicted molar refractivity (Wildman–Crippen MR) is 112 cm³/mol. The van der Waals surface area contributed by atoms with Crippen LogP contribution in [-0.4, -0.2) is 22.2 Å². The Morgan fingerprint density at radius 3 is 2.17 bits per heavy atom. The summed E-state index contributed by atoms with van der Waals surface area (Å²) in [5.41, 5.74) is 3.70. The van der Waals surface area contributed by atoms with Crippen molar-refractivity contribution >= 4 is 23.3 Å². The zero-order valence-electron chi connectivity index (χ0n) is 17.0. The van der Waals surface area contributed by atoms with Crippen LogP contribution in [0.3, 0.4) is 0 Å². The molecule has 2 rings (SSSR count). The molecule has 0 radical (unpaired) electrons. The number of hydrazone groups is 1. The first-order valence-corrected chi connectivity index (χ1v) is 8.94. The van der Waals surface area contributed by atoms with Gasteiger partial charge in [0.05, 0.1) is 22.1 Å². The number of nitro benzene ring substituents is 2. The highest BCUT2D eigenvalue weighted by Crippen LogP contribution is 2.29. The van der Waals surface area contributed by atoms with E-state index in [1.807, 2.05) is 52.8 Å². The van der Waals surface area contributed by atoms with Crippen LogP contribution in [0.15, 0.2) is 41.5 Å². The van der Waals surface area contributed by atoms with Gasteiger partial charge >= 0.3 is 5.69 Å². The second-order valence-corrected chi connectivity index (χ2v) is 7.83. The normalized spacial score (nSPS) is 12.6. The molecule has 1 atom stereocenters. The minimum absolute atomic E-state index is 0.0518. The van der Waals surface area contributed by atoms with E-state index in [2.05, 4.69) is 10.5 Å². The number of nitrogens with one attached hydrogen (secondary N) is 1. The third-order valence-electron chi connectivity index (χ3n) is 4.10. The molecular weight excluding hydrogens is 376 g/mol. The van der Waals surface area contributed by atoms with Gasteiger partial charge in [-0.2, -0.15) is 5.10 Å². The van der Waals surface area contributed by atoms with Gasteiger partial charge in [-0.15, -0.1) is 0 Å². The molecule has 0 aromatic heterocycles. The molecule has 0 aliphatic carbocycles. The molecule has 1 N–H and O–H groups in total. The number of rotatable bonds is 7. The summed E-state index contributed by atoms with van der Waals surface area (Å²) < 4.78 is 6.09. The van der Waals surface area contributed by atoms with Crippen molar-refractivity contribution in [1.29, 1.82) is 0 Å². The minimum Gasteiger partial charge on any atom is -0.484 e. The molecule has 154 valence electrons. The van der Waals surface area contributed by atoms with Crippen LogP contribution in [-0.2, 0) is 0 Å². The summed E-state index contributed by atoms with van der Waals surface area (Å²) in [7, 11) is 0. The lowest BCUT2D eigenvalue weighted by Crippen LogP contribution is -2.34. The lowest BCUT2D eigenvalue weighted by atomic mass is 9.89. The molecule has 29 heavy (non-hydrogen) atoms. The first-order valence-electron chi connectivity index (χ1n) is 8.94. The highest BCUT2D eigenvalue weighted by atomic mass is 16.6. The lowest BCUT2D eigenvalue weighted by Gasteiger charge is -2.28. The highest BCUT2D eigenvalue weighted by Gasteiger charge is 2.26. The summed E-state index contributed by atoms with van der Waals surface area (Å²) in [5.74, 6) is 0.704. The van der Waals surface area contributed by atoms with E-state index in [4.69, 9.17) is 4.74 Å². The van der Waals surface area contributed by atoms with E-state index >= 15 is 0 Å². The average Bonchev–Trinajstić information content (AvgIpc) is 2.59. The Hall–Kier alpha value is -3.49. The maximum Gasteiger partial charge on any atom is 0.301 e. The van der Waals surface area contributed by atoms with Gasteiger partial charge in [-0.05, 0) is 43.2 Å². The number of hydrogen-bond acceptors (Lipinski definition) is 7. The van der Waals surface area contributed by atoms with E-state index < -0.39 is 21.6 Å². The van der Waals surface area contributed by atoms with Crippen LogP contribution in [0.5, 0.6) is 5.75 Å². The summed E-state index contributed by atoms with van der Waals surface area (Å²) in [6, 6.07) is 9.22. The van der Waals surface area contributed by atoms with E-state index in [-0.39, 0.29) is 16.8 Å². The number of nitro groups is 2. The Bertz CT molecular complexity index is 930.